The molecule has 33 heavy (non-hydrogen) atoms. The van der Waals surface area contributed by atoms with E-state index >= 15 is 0 Å². The van der Waals surface area contributed by atoms with Gasteiger partial charge in [-0.1, -0.05) is 23.9 Å². The number of hydrogen-bond acceptors (Lipinski definition) is 9. The lowest BCUT2D eigenvalue weighted by Crippen LogP contribution is -2.42. The van der Waals surface area contributed by atoms with E-state index in [4.69, 9.17) is 15.2 Å². The molecular weight excluding hydrogens is 444 g/mol. The number of nitrogens with two attached hydrogens (primary N) is 1. The number of rotatable bonds is 5. The monoisotopic (exact) mass is 464 g/mol. The third-order valence-corrected chi connectivity index (χ3v) is 6.27. The Kier molecular flexibility index (Phi) is 6.27. The number of ether oxygens (including phenoxy) is 2. The van der Waals surface area contributed by atoms with Crippen molar-refractivity contribution in [1.82, 2.24) is 14.5 Å². The molecule has 10 heteroatoms. The molecule has 0 amide bonds. The first-order valence-electron chi connectivity index (χ1n) is 10.00. The molecule has 0 fully saturated rings. The number of carbonyl (C=O) groups excluding carboxylic acids is 3. The number of nitrogens with zero attached hydrogens (tertiary/aromatic N) is 3. The van der Waals surface area contributed by atoms with Crippen LogP contribution in [0.5, 0.6) is 0 Å². The summed E-state index contributed by atoms with van der Waals surface area (Å²) in [6, 6.07) is 6.94. The summed E-state index contributed by atoms with van der Waals surface area (Å²) in [5, 5.41) is -0.329. The minimum absolute atomic E-state index is 0.0227. The predicted octanol–water partition coefficient (Wildman–Crippen LogP) is 1.28. The van der Waals surface area contributed by atoms with Gasteiger partial charge < -0.3 is 15.2 Å². The van der Waals surface area contributed by atoms with Crippen LogP contribution in [0.4, 0.5) is 5.69 Å². The molecule has 0 radical (unpaired) electrons. The van der Waals surface area contributed by atoms with E-state index in [0.717, 1.165) is 16.3 Å². The Hall–Kier alpha value is -3.92. The van der Waals surface area contributed by atoms with Crippen molar-refractivity contribution in [2.24, 2.45) is 0 Å². The Morgan fingerprint density at radius 3 is 2.52 bits per heavy atom. The first-order valence-corrected chi connectivity index (χ1v) is 10.9. The van der Waals surface area contributed by atoms with Crippen molar-refractivity contribution in [3.63, 3.8) is 0 Å². The second-order valence-corrected chi connectivity index (χ2v) is 8.07. The fourth-order valence-electron chi connectivity index (χ4n) is 3.55. The van der Waals surface area contributed by atoms with Gasteiger partial charge in [-0.3, -0.25) is 19.3 Å². The summed E-state index contributed by atoms with van der Waals surface area (Å²) in [5.41, 5.74) is 7.53. The molecule has 0 bridgehead atoms. The molecule has 4 rings (SSSR count). The van der Waals surface area contributed by atoms with E-state index < -0.39 is 23.1 Å². The summed E-state index contributed by atoms with van der Waals surface area (Å²) < 4.78 is 11.4. The minimum atomic E-state index is -0.841. The average Bonchev–Trinajstić information content (AvgIpc) is 3.13. The maximum absolute atomic E-state index is 13.7. The largest absolute Gasteiger partial charge is 0.465 e. The maximum atomic E-state index is 13.7. The molecule has 3 aromatic rings. The van der Waals surface area contributed by atoms with Crippen LogP contribution in [0.3, 0.4) is 0 Å². The lowest BCUT2D eigenvalue weighted by Gasteiger charge is -2.23. The molecule has 1 atom stereocenters. The Balaban J connectivity index is 2.11. The van der Waals surface area contributed by atoms with Crippen molar-refractivity contribution < 1.29 is 23.9 Å². The van der Waals surface area contributed by atoms with Crippen LogP contribution in [0, 0.1) is 0 Å². The molecule has 1 aliphatic rings. The molecule has 0 unspecified atom stereocenters. The highest BCUT2D eigenvalue weighted by Crippen LogP contribution is 2.39. The highest BCUT2D eigenvalue weighted by molar-refractivity contribution is 8.10. The number of anilines is 1. The van der Waals surface area contributed by atoms with Gasteiger partial charge in [0.1, 0.15) is 10.2 Å². The summed E-state index contributed by atoms with van der Waals surface area (Å²) in [5.74, 6) is -1.87. The number of nitrogen functional groups attached to an aromatic ring is 1. The van der Waals surface area contributed by atoms with Gasteiger partial charge in [0.2, 0.25) is 5.91 Å². The van der Waals surface area contributed by atoms with E-state index in [9.17, 15) is 14.4 Å². The van der Waals surface area contributed by atoms with Crippen LogP contribution >= 0.6 is 11.8 Å². The van der Waals surface area contributed by atoms with Crippen LogP contribution in [-0.4, -0.2) is 46.1 Å². The van der Waals surface area contributed by atoms with Gasteiger partial charge in [0.15, 0.2) is 5.69 Å². The molecule has 2 N–H and O–H groups in total. The van der Waals surface area contributed by atoms with Gasteiger partial charge in [-0.25, -0.2) is 9.59 Å². The van der Waals surface area contributed by atoms with Gasteiger partial charge in [0.25, 0.3) is 0 Å². The van der Waals surface area contributed by atoms with Gasteiger partial charge in [0.05, 0.1) is 24.8 Å². The van der Waals surface area contributed by atoms with Gasteiger partial charge in [-0.15, -0.1) is 0 Å². The normalized spacial score (nSPS) is 15.8. The van der Waals surface area contributed by atoms with Crippen molar-refractivity contribution in [1.29, 1.82) is 0 Å². The van der Waals surface area contributed by atoms with Gasteiger partial charge >= 0.3 is 11.9 Å². The first kappa shape index (κ1) is 22.3. The summed E-state index contributed by atoms with van der Waals surface area (Å²) in [6.45, 7) is 1.74. The highest BCUT2D eigenvalue weighted by Gasteiger charge is 2.38. The molecule has 0 aromatic carbocycles. The third-order valence-electron chi connectivity index (χ3n) is 4.97. The van der Waals surface area contributed by atoms with E-state index in [1.54, 1.807) is 55.9 Å². The van der Waals surface area contributed by atoms with Crippen LogP contribution in [-0.2, 0) is 14.3 Å². The fraction of sp³-hybridized carbons (Fsp3) is 0.174. The van der Waals surface area contributed by atoms with Gasteiger partial charge in [-0.2, -0.15) is 0 Å². The topological polar surface area (TPSA) is 126 Å². The summed E-state index contributed by atoms with van der Waals surface area (Å²) in [6.07, 6.45) is 8.00. The SMILES string of the molecule is CCOC(=O)c1c(N)/c(=C\c2cccnc2)c2n1C(=O)[C@H](c1cccnc1)SC=2C(=O)OC. The van der Waals surface area contributed by atoms with Gasteiger partial charge in [-0.05, 0) is 36.3 Å². The van der Waals surface area contributed by atoms with Crippen molar-refractivity contribution >= 4 is 46.3 Å². The van der Waals surface area contributed by atoms with Crippen LogP contribution in [0.25, 0.3) is 11.0 Å². The smallest absolute Gasteiger partial charge is 0.357 e. The highest BCUT2D eigenvalue weighted by atomic mass is 32.2. The van der Waals surface area contributed by atoms with Crippen LogP contribution < -0.4 is 16.3 Å². The van der Waals surface area contributed by atoms with Crippen LogP contribution in [0.15, 0.2) is 49.1 Å². The average molecular weight is 465 g/mol. The van der Waals surface area contributed by atoms with Crippen molar-refractivity contribution in [2.75, 3.05) is 19.5 Å². The number of esters is 2. The second kappa shape index (κ2) is 9.29. The zero-order valence-electron chi connectivity index (χ0n) is 17.8. The summed E-state index contributed by atoms with van der Waals surface area (Å²) in [4.78, 5) is 47.7. The molecule has 0 aliphatic carbocycles. The summed E-state index contributed by atoms with van der Waals surface area (Å²) >= 11 is 1.03. The van der Waals surface area contributed by atoms with Crippen molar-refractivity contribution in [3.8, 4) is 0 Å². The Labute approximate surface area is 192 Å². The number of hydrogen-bond donors (Lipinski definition) is 1. The molecule has 168 valence electrons. The van der Waals surface area contributed by atoms with Crippen LogP contribution in [0.2, 0.25) is 0 Å². The number of carbonyl (C=O) groups is 3. The Morgan fingerprint density at radius 1 is 1.18 bits per heavy atom. The lowest BCUT2D eigenvalue weighted by molar-refractivity contribution is -0.133. The second-order valence-electron chi connectivity index (χ2n) is 6.95. The molecule has 0 spiro atoms. The Morgan fingerprint density at radius 2 is 1.91 bits per heavy atom. The van der Waals surface area contributed by atoms with Crippen molar-refractivity contribution in [2.45, 2.75) is 12.2 Å². The fourth-order valence-corrected chi connectivity index (χ4v) is 4.76. The number of thioether (sulfide) groups is 1. The van der Waals surface area contributed by atoms with Crippen molar-refractivity contribution in [3.05, 3.63) is 76.4 Å². The van der Waals surface area contributed by atoms with E-state index in [1.165, 1.54) is 13.3 Å². The summed E-state index contributed by atoms with van der Waals surface area (Å²) in [7, 11) is 1.25. The zero-order chi connectivity index (χ0) is 23.5. The maximum Gasteiger partial charge on any atom is 0.357 e. The third kappa shape index (κ3) is 4.00. The molecule has 0 saturated heterocycles. The zero-order valence-corrected chi connectivity index (χ0v) is 18.7. The minimum Gasteiger partial charge on any atom is -0.465 e. The predicted molar refractivity (Wildman–Crippen MR) is 122 cm³/mol. The van der Waals surface area contributed by atoms with E-state index in [-0.39, 0.29) is 28.2 Å². The van der Waals surface area contributed by atoms with E-state index in [0.29, 0.717) is 16.3 Å². The molecule has 9 nitrogen and oxygen atoms in total. The molecule has 3 aromatic heterocycles. The lowest BCUT2D eigenvalue weighted by atomic mass is 10.2. The first-order chi connectivity index (χ1) is 16.0. The van der Waals surface area contributed by atoms with Crippen LogP contribution in [0.1, 0.15) is 38.6 Å². The van der Waals surface area contributed by atoms with E-state index in [1.807, 2.05) is 0 Å². The Bertz CT molecular complexity index is 1350. The molecule has 0 saturated carbocycles. The standard InChI is InChI=1S/C23H20N4O5S/c1-3-32-22(29)18-16(24)15(10-13-6-4-8-25-11-13)17-20(23(30)31-2)33-19(21(28)27(17)18)14-7-5-9-26-12-14/h4-12,19H,3,24H2,1-2H3/b15-10+/t19-/m0/s1. The number of methoxy groups -OCH3 is 1. The van der Waals surface area contributed by atoms with E-state index in [2.05, 4.69) is 9.97 Å². The molecule has 1 aliphatic heterocycles. The molecular formula is C23H20N4O5S. The quantitative estimate of drug-likeness (QED) is 0.556. The number of aromatic nitrogens is 3. The number of fused-ring (bicyclic) bond motifs is 1. The van der Waals surface area contributed by atoms with Gasteiger partial charge in [0, 0.05) is 30.0 Å². The number of pyridine rings is 2. The molecule has 4 heterocycles.